The monoisotopic (exact) mass is 422 g/mol. The number of hydrogen-bond donors (Lipinski definition) is 0. The van der Waals surface area contributed by atoms with Crippen LogP contribution in [-0.2, 0) is 16.1 Å². The van der Waals surface area contributed by atoms with Crippen molar-refractivity contribution in [3.63, 3.8) is 0 Å². The SMILES string of the molecule is CC(=O)N1N=C(c2ccc3ccccc3c2)OC1c1ccc(OCc2ccccc2)cc1. The maximum atomic E-state index is 12.3. The molecule has 0 saturated carbocycles. The van der Waals surface area contributed by atoms with Crippen LogP contribution in [0.3, 0.4) is 0 Å². The zero-order valence-electron chi connectivity index (χ0n) is 17.6. The van der Waals surface area contributed by atoms with Gasteiger partial charge >= 0.3 is 0 Å². The Morgan fingerprint density at radius 1 is 0.906 bits per heavy atom. The molecule has 0 spiro atoms. The summed E-state index contributed by atoms with van der Waals surface area (Å²) in [6.07, 6.45) is -0.614. The Morgan fingerprint density at radius 3 is 2.38 bits per heavy atom. The molecule has 0 radical (unpaired) electrons. The van der Waals surface area contributed by atoms with E-state index in [-0.39, 0.29) is 5.91 Å². The molecular formula is C27H22N2O3. The third-order valence-electron chi connectivity index (χ3n) is 5.38. The average molecular weight is 422 g/mol. The highest BCUT2D eigenvalue weighted by molar-refractivity contribution is 6.00. The van der Waals surface area contributed by atoms with Crippen LogP contribution in [0.4, 0.5) is 0 Å². The number of carbonyl (C=O) groups excluding carboxylic acids is 1. The fraction of sp³-hybridized carbons (Fsp3) is 0.111. The lowest BCUT2D eigenvalue weighted by molar-refractivity contribution is -0.135. The van der Waals surface area contributed by atoms with Crippen LogP contribution in [0.15, 0.2) is 102 Å². The van der Waals surface area contributed by atoms with Gasteiger partial charge in [0.1, 0.15) is 12.4 Å². The number of hydrazone groups is 1. The summed E-state index contributed by atoms with van der Waals surface area (Å²) < 4.78 is 12.0. The van der Waals surface area contributed by atoms with Crippen molar-refractivity contribution < 1.29 is 14.3 Å². The standard InChI is InChI=1S/C27H22N2O3/c1-19(30)29-27(22-13-15-25(16-14-22)31-18-20-7-3-2-4-8-20)32-26(28-29)24-12-11-21-9-5-6-10-23(21)17-24/h2-17,27H,18H2,1H3. The smallest absolute Gasteiger partial charge is 0.243 e. The van der Waals surface area contributed by atoms with Gasteiger partial charge < -0.3 is 9.47 Å². The third kappa shape index (κ3) is 4.05. The first-order valence-corrected chi connectivity index (χ1v) is 10.5. The molecule has 1 heterocycles. The van der Waals surface area contributed by atoms with Crippen LogP contribution in [0.2, 0.25) is 0 Å². The number of amides is 1. The van der Waals surface area contributed by atoms with Crippen LogP contribution in [0, 0.1) is 0 Å². The van der Waals surface area contributed by atoms with Crippen molar-refractivity contribution in [2.75, 3.05) is 0 Å². The molecule has 1 aliphatic rings. The highest BCUT2D eigenvalue weighted by atomic mass is 16.5. The average Bonchev–Trinajstić information content (AvgIpc) is 3.29. The molecular weight excluding hydrogens is 400 g/mol. The van der Waals surface area contributed by atoms with Gasteiger partial charge in [-0.05, 0) is 52.7 Å². The maximum absolute atomic E-state index is 12.3. The van der Waals surface area contributed by atoms with Crippen molar-refractivity contribution in [3.05, 3.63) is 114 Å². The van der Waals surface area contributed by atoms with Gasteiger partial charge in [-0.2, -0.15) is 5.01 Å². The van der Waals surface area contributed by atoms with Crippen molar-refractivity contribution in [1.82, 2.24) is 5.01 Å². The molecule has 4 aromatic carbocycles. The predicted molar refractivity (Wildman–Crippen MR) is 124 cm³/mol. The van der Waals surface area contributed by atoms with E-state index in [0.717, 1.165) is 33.2 Å². The van der Waals surface area contributed by atoms with E-state index in [1.807, 2.05) is 91.0 Å². The Balaban J connectivity index is 1.34. The Labute approximate surface area is 186 Å². The van der Waals surface area contributed by atoms with Gasteiger partial charge in [0, 0.05) is 18.1 Å². The second kappa shape index (κ2) is 8.55. The summed E-state index contributed by atoms with van der Waals surface area (Å²) in [5.41, 5.74) is 2.76. The van der Waals surface area contributed by atoms with Crippen LogP contribution >= 0.6 is 0 Å². The van der Waals surface area contributed by atoms with Gasteiger partial charge in [0.05, 0.1) is 0 Å². The number of benzene rings is 4. The van der Waals surface area contributed by atoms with Crippen LogP contribution in [-0.4, -0.2) is 16.8 Å². The topological polar surface area (TPSA) is 51.1 Å². The molecule has 5 heteroatoms. The Hall–Kier alpha value is -4.12. The maximum Gasteiger partial charge on any atom is 0.243 e. The quantitative estimate of drug-likeness (QED) is 0.417. The first kappa shape index (κ1) is 19.8. The molecule has 0 N–H and O–H groups in total. The van der Waals surface area contributed by atoms with E-state index < -0.39 is 6.23 Å². The first-order valence-electron chi connectivity index (χ1n) is 10.5. The number of nitrogens with zero attached hydrogens (tertiary/aromatic N) is 2. The molecule has 0 saturated heterocycles. The summed E-state index contributed by atoms with van der Waals surface area (Å²) >= 11 is 0. The minimum Gasteiger partial charge on any atom is -0.489 e. The molecule has 32 heavy (non-hydrogen) atoms. The van der Waals surface area contributed by atoms with E-state index in [1.54, 1.807) is 0 Å². The summed E-state index contributed by atoms with van der Waals surface area (Å²) in [4.78, 5) is 12.3. The Bertz CT molecular complexity index is 1280. The van der Waals surface area contributed by atoms with E-state index in [2.05, 4.69) is 11.2 Å². The molecule has 1 amide bonds. The molecule has 1 atom stereocenters. The number of fused-ring (bicyclic) bond motifs is 1. The van der Waals surface area contributed by atoms with E-state index >= 15 is 0 Å². The summed E-state index contributed by atoms with van der Waals surface area (Å²) in [5.74, 6) is 0.996. The van der Waals surface area contributed by atoms with Gasteiger partial charge in [0.15, 0.2) is 0 Å². The van der Waals surface area contributed by atoms with Crippen molar-refractivity contribution in [1.29, 1.82) is 0 Å². The summed E-state index contributed by atoms with van der Waals surface area (Å²) in [5, 5.41) is 8.08. The summed E-state index contributed by atoms with van der Waals surface area (Å²) in [6.45, 7) is 1.98. The minimum atomic E-state index is -0.614. The highest BCUT2D eigenvalue weighted by Crippen LogP contribution is 2.32. The summed E-state index contributed by atoms with van der Waals surface area (Å²) in [6, 6.07) is 31.7. The van der Waals surface area contributed by atoms with E-state index in [9.17, 15) is 4.79 Å². The van der Waals surface area contributed by atoms with Gasteiger partial charge in [-0.25, -0.2) is 0 Å². The first-order chi connectivity index (χ1) is 15.7. The molecule has 0 aliphatic carbocycles. The van der Waals surface area contributed by atoms with Crippen LogP contribution in [0.5, 0.6) is 5.75 Å². The zero-order chi connectivity index (χ0) is 21.9. The highest BCUT2D eigenvalue weighted by Gasteiger charge is 2.33. The fourth-order valence-corrected chi connectivity index (χ4v) is 3.69. The number of rotatable bonds is 5. The second-order valence-corrected chi connectivity index (χ2v) is 7.64. The molecule has 5 rings (SSSR count). The van der Waals surface area contributed by atoms with Crippen LogP contribution < -0.4 is 4.74 Å². The van der Waals surface area contributed by atoms with Gasteiger partial charge in [-0.3, -0.25) is 4.79 Å². The van der Waals surface area contributed by atoms with Crippen molar-refractivity contribution in [2.24, 2.45) is 5.10 Å². The number of hydrogen-bond acceptors (Lipinski definition) is 4. The van der Waals surface area contributed by atoms with Crippen LogP contribution in [0.25, 0.3) is 10.8 Å². The van der Waals surface area contributed by atoms with Crippen molar-refractivity contribution >= 4 is 22.6 Å². The number of carbonyl (C=O) groups is 1. The third-order valence-corrected chi connectivity index (χ3v) is 5.38. The zero-order valence-corrected chi connectivity index (χ0v) is 17.6. The largest absolute Gasteiger partial charge is 0.489 e. The number of ether oxygens (including phenoxy) is 2. The molecule has 5 nitrogen and oxygen atoms in total. The van der Waals surface area contributed by atoms with E-state index in [4.69, 9.17) is 9.47 Å². The Kier molecular flexibility index (Phi) is 5.30. The fourth-order valence-electron chi connectivity index (χ4n) is 3.69. The predicted octanol–water partition coefficient (Wildman–Crippen LogP) is 5.66. The lowest BCUT2D eigenvalue weighted by Crippen LogP contribution is -2.25. The van der Waals surface area contributed by atoms with E-state index in [0.29, 0.717) is 12.5 Å². The van der Waals surface area contributed by atoms with Gasteiger partial charge in [-0.1, -0.05) is 60.7 Å². The lowest BCUT2D eigenvalue weighted by Gasteiger charge is -2.19. The van der Waals surface area contributed by atoms with Crippen molar-refractivity contribution in [2.45, 2.75) is 19.8 Å². The minimum absolute atomic E-state index is 0.185. The molecule has 0 fully saturated rings. The molecule has 4 aromatic rings. The van der Waals surface area contributed by atoms with Crippen LogP contribution in [0.1, 0.15) is 29.8 Å². The molecule has 0 bridgehead atoms. The second-order valence-electron chi connectivity index (χ2n) is 7.64. The summed E-state index contributed by atoms with van der Waals surface area (Å²) in [7, 11) is 0. The normalized spacial score (nSPS) is 15.3. The lowest BCUT2D eigenvalue weighted by atomic mass is 10.1. The molecule has 0 aromatic heterocycles. The van der Waals surface area contributed by atoms with E-state index in [1.165, 1.54) is 11.9 Å². The molecule has 158 valence electrons. The van der Waals surface area contributed by atoms with Gasteiger partial charge in [0.25, 0.3) is 0 Å². The molecule has 1 unspecified atom stereocenters. The van der Waals surface area contributed by atoms with Gasteiger partial charge in [-0.15, -0.1) is 5.10 Å². The van der Waals surface area contributed by atoms with Crippen molar-refractivity contribution in [3.8, 4) is 5.75 Å². The Morgan fingerprint density at radius 2 is 1.62 bits per heavy atom. The van der Waals surface area contributed by atoms with Gasteiger partial charge in [0.2, 0.25) is 18.0 Å². The molecule has 1 aliphatic heterocycles.